The lowest BCUT2D eigenvalue weighted by molar-refractivity contribution is -0.137. The SMILES string of the molecule is CC(C)C(=O)N1CCN(C(C)C(=O)NCC(=O)Nc2ccc(F)c(F)c2F)CC1. The summed E-state index contributed by atoms with van der Waals surface area (Å²) in [6, 6.07) is 1.06. The average Bonchev–Trinajstić information content (AvgIpc) is 2.71. The molecule has 0 saturated carbocycles. The Kier molecular flexibility index (Phi) is 7.60. The number of rotatable bonds is 6. The molecule has 1 saturated heterocycles. The fraction of sp³-hybridized carbons (Fsp3) is 0.526. The van der Waals surface area contributed by atoms with Crippen LogP contribution in [0, 0.1) is 23.4 Å². The molecule has 0 aliphatic carbocycles. The second kappa shape index (κ2) is 9.73. The van der Waals surface area contributed by atoms with Crippen LogP contribution in [0.5, 0.6) is 0 Å². The van der Waals surface area contributed by atoms with Crippen LogP contribution in [0.1, 0.15) is 20.8 Å². The van der Waals surface area contributed by atoms with Gasteiger partial charge in [-0.3, -0.25) is 19.3 Å². The van der Waals surface area contributed by atoms with Crippen molar-refractivity contribution >= 4 is 23.4 Å². The van der Waals surface area contributed by atoms with Crippen LogP contribution in [0.2, 0.25) is 0 Å². The third-order valence-electron chi connectivity index (χ3n) is 4.78. The molecule has 0 spiro atoms. The molecule has 29 heavy (non-hydrogen) atoms. The molecule has 1 atom stereocenters. The van der Waals surface area contributed by atoms with Crippen LogP contribution < -0.4 is 10.6 Å². The van der Waals surface area contributed by atoms with Crippen molar-refractivity contribution in [3.05, 3.63) is 29.6 Å². The molecule has 0 radical (unpaired) electrons. The molecule has 1 aromatic carbocycles. The zero-order valence-electron chi connectivity index (χ0n) is 16.6. The summed E-state index contributed by atoms with van der Waals surface area (Å²) >= 11 is 0. The van der Waals surface area contributed by atoms with Crippen LogP contribution in [0.15, 0.2) is 12.1 Å². The zero-order chi connectivity index (χ0) is 21.7. The lowest BCUT2D eigenvalue weighted by Crippen LogP contribution is -2.55. The van der Waals surface area contributed by atoms with Crippen LogP contribution in [-0.4, -0.2) is 66.3 Å². The molecule has 2 N–H and O–H groups in total. The maximum Gasteiger partial charge on any atom is 0.243 e. The maximum absolute atomic E-state index is 13.6. The Balaban J connectivity index is 1.81. The van der Waals surface area contributed by atoms with Crippen molar-refractivity contribution in [2.75, 3.05) is 38.0 Å². The molecule has 1 aromatic rings. The first-order valence-electron chi connectivity index (χ1n) is 9.35. The fourth-order valence-electron chi connectivity index (χ4n) is 2.99. The third-order valence-corrected chi connectivity index (χ3v) is 4.78. The topological polar surface area (TPSA) is 81.8 Å². The highest BCUT2D eigenvalue weighted by Crippen LogP contribution is 2.19. The van der Waals surface area contributed by atoms with Crippen LogP contribution >= 0.6 is 0 Å². The van der Waals surface area contributed by atoms with E-state index in [1.54, 1.807) is 11.8 Å². The van der Waals surface area contributed by atoms with Crippen LogP contribution in [0.3, 0.4) is 0 Å². The number of carbonyl (C=O) groups excluding carboxylic acids is 3. The Hall–Kier alpha value is -2.62. The normalized spacial score (nSPS) is 15.9. The number of anilines is 1. The number of piperazine rings is 1. The van der Waals surface area contributed by atoms with E-state index in [0.717, 1.165) is 6.07 Å². The molecule has 3 amide bonds. The summed E-state index contributed by atoms with van der Waals surface area (Å²) in [5.41, 5.74) is -0.512. The number of halogens is 3. The molecular weight excluding hydrogens is 389 g/mol. The van der Waals surface area contributed by atoms with Gasteiger partial charge in [0.1, 0.15) is 0 Å². The predicted octanol–water partition coefficient (Wildman–Crippen LogP) is 1.35. The minimum absolute atomic E-state index is 0.0721. The Morgan fingerprint density at radius 2 is 1.62 bits per heavy atom. The molecule has 0 aromatic heterocycles. The lowest BCUT2D eigenvalue weighted by atomic mass is 10.1. The van der Waals surface area contributed by atoms with Crippen molar-refractivity contribution in [2.45, 2.75) is 26.8 Å². The van der Waals surface area contributed by atoms with Gasteiger partial charge in [0.15, 0.2) is 17.5 Å². The second-order valence-corrected chi connectivity index (χ2v) is 7.18. The van der Waals surface area contributed by atoms with E-state index in [-0.39, 0.29) is 11.8 Å². The van der Waals surface area contributed by atoms with E-state index in [2.05, 4.69) is 10.6 Å². The van der Waals surface area contributed by atoms with Gasteiger partial charge in [-0.25, -0.2) is 13.2 Å². The number of nitrogens with one attached hydrogen (secondary N) is 2. The zero-order valence-corrected chi connectivity index (χ0v) is 16.6. The highest BCUT2D eigenvalue weighted by atomic mass is 19.2. The summed E-state index contributed by atoms with van der Waals surface area (Å²) in [7, 11) is 0. The molecule has 0 bridgehead atoms. The van der Waals surface area contributed by atoms with Crippen molar-refractivity contribution < 1.29 is 27.6 Å². The molecule has 2 rings (SSSR count). The summed E-state index contributed by atoms with van der Waals surface area (Å²) in [6.07, 6.45) is 0. The molecule has 7 nitrogen and oxygen atoms in total. The van der Waals surface area contributed by atoms with E-state index in [9.17, 15) is 27.6 Å². The number of nitrogens with zero attached hydrogens (tertiary/aromatic N) is 2. The summed E-state index contributed by atoms with van der Waals surface area (Å²) in [5, 5.41) is 4.52. The summed E-state index contributed by atoms with van der Waals surface area (Å²) in [6.45, 7) is 6.99. The lowest BCUT2D eigenvalue weighted by Gasteiger charge is -2.38. The summed E-state index contributed by atoms with van der Waals surface area (Å²) in [5.74, 6) is -5.75. The monoisotopic (exact) mass is 414 g/mol. The number of amides is 3. The number of carbonyl (C=O) groups is 3. The predicted molar refractivity (Wildman–Crippen MR) is 100 cm³/mol. The van der Waals surface area contributed by atoms with Crippen molar-refractivity contribution in [2.24, 2.45) is 5.92 Å². The maximum atomic E-state index is 13.6. The molecular formula is C19H25F3N4O3. The van der Waals surface area contributed by atoms with E-state index in [4.69, 9.17) is 0 Å². The largest absolute Gasteiger partial charge is 0.346 e. The van der Waals surface area contributed by atoms with Gasteiger partial charge in [-0.2, -0.15) is 0 Å². The molecule has 1 aliphatic heterocycles. The van der Waals surface area contributed by atoms with E-state index in [0.29, 0.717) is 32.2 Å². The van der Waals surface area contributed by atoms with Crippen molar-refractivity contribution in [1.82, 2.24) is 15.1 Å². The molecule has 1 heterocycles. The Morgan fingerprint density at radius 3 is 2.21 bits per heavy atom. The molecule has 10 heteroatoms. The second-order valence-electron chi connectivity index (χ2n) is 7.18. The minimum Gasteiger partial charge on any atom is -0.346 e. The average molecular weight is 414 g/mol. The smallest absolute Gasteiger partial charge is 0.243 e. The van der Waals surface area contributed by atoms with Gasteiger partial charge in [0.05, 0.1) is 18.3 Å². The van der Waals surface area contributed by atoms with Gasteiger partial charge in [0.2, 0.25) is 17.7 Å². The van der Waals surface area contributed by atoms with Gasteiger partial charge < -0.3 is 15.5 Å². The third kappa shape index (κ3) is 5.69. The van der Waals surface area contributed by atoms with Crippen molar-refractivity contribution in [1.29, 1.82) is 0 Å². The van der Waals surface area contributed by atoms with E-state index in [1.807, 2.05) is 18.7 Å². The van der Waals surface area contributed by atoms with Crippen molar-refractivity contribution in [3.8, 4) is 0 Å². The summed E-state index contributed by atoms with van der Waals surface area (Å²) < 4.78 is 39.7. The van der Waals surface area contributed by atoms with Crippen LogP contribution in [-0.2, 0) is 14.4 Å². The molecule has 1 unspecified atom stereocenters. The number of benzene rings is 1. The van der Waals surface area contributed by atoms with E-state index >= 15 is 0 Å². The first-order chi connectivity index (χ1) is 13.6. The Morgan fingerprint density at radius 1 is 1.00 bits per heavy atom. The van der Waals surface area contributed by atoms with Gasteiger partial charge in [0.25, 0.3) is 0 Å². The van der Waals surface area contributed by atoms with Crippen LogP contribution in [0.4, 0.5) is 18.9 Å². The minimum atomic E-state index is -1.68. The molecule has 1 aliphatic rings. The Labute approximate surface area is 167 Å². The van der Waals surface area contributed by atoms with Crippen molar-refractivity contribution in [3.63, 3.8) is 0 Å². The Bertz CT molecular complexity index is 780. The van der Waals surface area contributed by atoms with Gasteiger partial charge in [-0.1, -0.05) is 13.8 Å². The molecule has 160 valence electrons. The first kappa shape index (κ1) is 22.7. The van der Waals surface area contributed by atoms with Gasteiger partial charge in [-0.15, -0.1) is 0 Å². The van der Waals surface area contributed by atoms with E-state index in [1.165, 1.54) is 0 Å². The highest BCUT2D eigenvalue weighted by Gasteiger charge is 2.28. The van der Waals surface area contributed by atoms with Gasteiger partial charge >= 0.3 is 0 Å². The van der Waals surface area contributed by atoms with E-state index < -0.39 is 47.5 Å². The summed E-state index contributed by atoms with van der Waals surface area (Å²) in [4.78, 5) is 39.8. The first-order valence-corrected chi connectivity index (χ1v) is 9.35. The quantitative estimate of drug-likeness (QED) is 0.689. The van der Waals surface area contributed by atoms with Gasteiger partial charge in [0, 0.05) is 32.1 Å². The molecule has 1 fully saturated rings. The fourth-order valence-corrected chi connectivity index (χ4v) is 2.99. The van der Waals surface area contributed by atoms with Crippen LogP contribution in [0.25, 0.3) is 0 Å². The number of hydrogen-bond acceptors (Lipinski definition) is 4. The number of hydrogen-bond donors (Lipinski definition) is 2. The highest BCUT2D eigenvalue weighted by molar-refractivity contribution is 5.95. The standard InChI is InChI=1S/C19H25F3N4O3/c1-11(2)19(29)26-8-6-25(7-9-26)12(3)18(28)23-10-15(27)24-14-5-4-13(20)16(21)17(14)22/h4-5,11-12H,6-10H2,1-3H3,(H,23,28)(H,24,27). The van der Waals surface area contributed by atoms with Gasteiger partial charge in [-0.05, 0) is 19.1 Å².